The van der Waals surface area contributed by atoms with Gasteiger partial charge in [0.2, 0.25) is 9.05 Å². The van der Waals surface area contributed by atoms with Gasteiger partial charge in [0.05, 0.1) is 0 Å². The fraction of sp³-hybridized carbons (Fsp3) is 0.824. The van der Waals surface area contributed by atoms with Gasteiger partial charge in [-0.25, -0.2) is 8.42 Å². The van der Waals surface area contributed by atoms with Gasteiger partial charge in [0.25, 0.3) is 0 Å². The van der Waals surface area contributed by atoms with Crippen molar-refractivity contribution >= 4 is 19.7 Å². The van der Waals surface area contributed by atoms with Crippen LogP contribution in [0.4, 0.5) is 0 Å². The molecule has 0 aliphatic heterocycles. The highest BCUT2D eigenvalue weighted by Crippen LogP contribution is 2.36. The van der Waals surface area contributed by atoms with Crippen molar-refractivity contribution < 1.29 is 8.42 Å². The summed E-state index contributed by atoms with van der Waals surface area (Å²) < 4.78 is 23.2. The first-order valence-electron chi connectivity index (χ1n) is 16.2. The molecule has 0 saturated carbocycles. The second-order valence-corrected chi connectivity index (χ2v) is 15.5. The van der Waals surface area contributed by atoms with Crippen molar-refractivity contribution in [3.05, 3.63) is 34.4 Å². The molecule has 0 heterocycles. The lowest BCUT2D eigenvalue weighted by Crippen LogP contribution is -2.26. The van der Waals surface area contributed by atoms with Crippen LogP contribution in [0.3, 0.4) is 0 Å². The van der Waals surface area contributed by atoms with E-state index in [1.54, 1.807) is 13.8 Å². The molecule has 0 aliphatic carbocycles. The lowest BCUT2D eigenvalue weighted by molar-refractivity contribution is 0.520. The van der Waals surface area contributed by atoms with Crippen LogP contribution in [0.5, 0.6) is 0 Å². The third-order valence-corrected chi connectivity index (χ3v) is 11.2. The van der Waals surface area contributed by atoms with E-state index in [1.165, 1.54) is 134 Å². The highest BCUT2D eigenvalue weighted by atomic mass is 35.7. The molecule has 0 N–H and O–H groups in total. The normalized spacial score (nSPS) is 12.4. The van der Waals surface area contributed by atoms with E-state index in [1.807, 2.05) is 6.92 Å². The van der Waals surface area contributed by atoms with Crippen molar-refractivity contribution in [2.24, 2.45) is 0 Å². The Hall–Kier alpha value is -0.540. The van der Waals surface area contributed by atoms with Crippen LogP contribution in [0, 0.1) is 13.8 Å². The van der Waals surface area contributed by atoms with Crippen molar-refractivity contribution in [2.45, 2.75) is 181 Å². The van der Waals surface area contributed by atoms with E-state index in [0.717, 1.165) is 29.5 Å². The Kier molecular flexibility index (Phi) is 19.0. The number of halogens is 1. The molecule has 0 atom stereocenters. The number of hydrogen-bond acceptors (Lipinski definition) is 2. The van der Waals surface area contributed by atoms with Crippen LogP contribution in [0.2, 0.25) is 0 Å². The number of rotatable bonds is 24. The minimum atomic E-state index is -3.70. The van der Waals surface area contributed by atoms with E-state index in [4.69, 9.17) is 10.7 Å². The molecule has 2 nitrogen and oxygen atoms in total. The van der Waals surface area contributed by atoms with Crippen molar-refractivity contribution in [3.8, 4) is 0 Å². The molecule has 0 amide bonds. The molecule has 0 spiro atoms. The van der Waals surface area contributed by atoms with E-state index in [2.05, 4.69) is 26.0 Å². The van der Waals surface area contributed by atoms with Gasteiger partial charge >= 0.3 is 0 Å². The summed E-state index contributed by atoms with van der Waals surface area (Å²) in [6, 6.07) is 4.28. The molecule has 0 bridgehead atoms. The van der Waals surface area contributed by atoms with Crippen molar-refractivity contribution in [3.63, 3.8) is 0 Å². The third kappa shape index (κ3) is 14.7. The molecule has 4 heteroatoms. The Bertz CT molecular complexity index is 844. The van der Waals surface area contributed by atoms with Gasteiger partial charge in [0.15, 0.2) is 0 Å². The van der Waals surface area contributed by atoms with Gasteiger partial charge < -0.3 is 0 Å². The molecule has 1 aromatic carbocycles. The Labute approximate surface area is 242 Å². The van der Waals surface area contributed by atoms with Gasteiger partial charge in [-0.3, -0.25) is 0 Å². The third-order valence-electron chi connectivity index (χ3n) is 8.55. The Morgan fingerprint density at radius 2 is 0.947 bits per heavy atom. The molecule has 222 valence electrons. The zero-order chi connectivity index (χ0) is 28.3. The number of hydrogen-bond donors (Lipinski definition) is 0. The molecule has 0 aromatic heterocycles. The standard InChI is InChI=1S/C34H61ClO2S/c1-6-7-8-9-10-11-12-13-14-15-16-17-18-19-20-21-22-23-24-25-26-27-32-28-30(2)31(3)33(29-32)34(4,5)38(35,36)37/h28-29H,6-27H2,1-5H3. The monoisotopic (exact) mass is 568 g/mol. The SMILES string of the molecule is CCCCCCCCCCCCCCCCCCCCCCCc1cc(C)c(C)c(C(C)(C)S(=O)(=O)Cl)c1. The molecule has 0 unspecified atom stereocenters. The molecule has 1 aromatic rings. The van der Waals surface area contributed by atoms with Crippen LogP contribution in [0.25, 0.3) is 0 Å². The summed E-state index contributed by atoms with van der Waals surface area (Å²) in [6.45, 7) is 9.77. The first kappa shape index (κ1) is 35.5. The summed E-state index contributed by atoms with van der Waals surface area (Å²) >= 11 is 0. The Morgan fingerprint density at radius 1 is 0.605 bits per heavy atom. The topological polar surface area (TPSA) is 34.1 Å². The zero-order valence-corrected chi connectivity index (χ0v) is 27.4. The molecule has 38 heavy (non-hydrogen) atoms. The van der Waals surface area contributed by atoms with Crippen LogP contribution in [0.1, 0.15) is 178 Å². The van der Waals surface area contributed by atoms with Gasteiger partial charge in [-0.05, 0) is 62.8 Å². The van der Waals surface area contributed by atoms with Gasteiger partial charge in [-0.1, -0.05) is 147 Å². The fourth-order valence-electron chi connectivity index (χ4n) is 5.60. The van der Waals surface area contributed by atoms with Gasteiger partial charge in [0, 0.05) is 10.7 Å². The quantitative estimate of drug-likeness (QED) is 0.0917. The summed E-state index contributed by atoms with van der Waals surface area (Å²) in [4.78, 5) is 0. The second kappa shape index (κ2) is 20.4. The van der Waals surface area contributed by atoms with E-state index in [0.29, 0.717) is 0 Å². The maximum absolute atomic E-state index is 12.1. The summed E-state index contributed by atoms with van der Waals surface area (Å²) in [5.41, 5.74) is 4.25. The van der Waals surface area contributed by atoms with Crippen molar-refractivity contribution in [2.75, 3.05) is 0 Å². The fourth-order valence-corrected chi connectivity index (χ4v) is 6.32. The average molecular weight is 569 g/mol. The molecule has 0 saturated heterocycles. The first-order chi connectivity index (χ1) is 18.1. The molecule has 0 radical (unpaired) electrons. The minimum absolute atomic E-state index is 0.839. The van der Waals surface area contributed by atoms with E-state index >= 15 is 0 Å². The second-order valence-electron chi connectivity index (χ2n) is 12.4. The minimum Gasteiger partial charge on any atom is -0.211 e. The summed E-state index contributed by atoms with van der Waals surface area (Å²) in [5, 5.41) is 0. The van der Waals surface area contributed by atoms with Crippen LogP contribution in [-0.4, -0.2) is 8.42 Å². The van der Waals surface area contributed by atoms with Crippen LogP contribution >= 0.6 is 10.7 Å². The zero-order valence-electron chi connectivity index (χ0n) is 25.8. The molecular weight excluding hydrogens is 508 g/mol. The lowest BCUT2D eigenvalue weighted by Gasteiger charge is -2.25. The number of benzene rings is 1. The van der Waals surface area contributed by atoms with Crippen molar-refractivity contribution in [1.29, 1.82) is 0 Å². The molecule has 1 rings (SSSR count). The average Bonchev–Trinajstić information content (AvgIpc) is 2.86. The largest absolute Gasteiger partial charge is 0.241 e. The highest BCUT2D eigenvalue weighted by molar-refractivity contribution is 8.14. The smallest absolute Gasteiger partial charge is 0.211 e. The Morgan fingerprint density at radius 3 is 1.29 bits per heavy atom. The van der Waals surface area contributed by atoms with Crippen LogP contribution in [-0.2, 0) is 20.2 Å². The first-order valence-corrected chi connectivity index (χ1v) is 18.5. The Balaban J connectivity index is 2.01. The molecule has 0 fully saturated rings. The maximum atomic E-state index is 12.1. The number of unbranched alkanes of at least 4 members (excludes halogenated alkanes) is 20. The van der Waals surface area contributed by atoms with Gasteiger partial charge in [0.1, 0.15) is 4.75 Å². The van der Waals surface area contributed by atoms with Gasteiger partial charge in [-0.15, -0.1) is 0 Å². The van der Waals surface area contributed by atoms with Crippen LogP contribution in [0.15, 0.2) is 12.1 Å². The van der Waals surface area contributed by atoms with E-state index < -0.39 is 13.8 Å². The predicted octanol–water partition coefficient (Wildman–Crippen LogP) is 11.9. The lowest BCUT2D eigenvalue weighted by atomic mass is 9.90. The highest BCUT2D eigenvalue weighted by Gasteiger charge is 2.36. The van der Waals surface area contributed by atoms with E-state index in [9.17, 15) is 8.42 Å². The maximum Gasteiger partial charge on any atom is 0.241 e. The predicted molar refractivity (Wildman–Crippen MR) is 170 cm³/mol. The number of aryl methyl sites for hydroxylation is 2. The molecular formula is C34H61ClO2S. The molecule has 0 aliphatic rings. The summed E-state index contributed by atoms with van der Waals surface area (Å²) in [6.07, 6.45) is 30.3. The summed E-state index contributed by atoms with van der Waals surface area (Å²) in [7, 11) is 2.08. The van der Waals surface area contributed by atoms with E-state index in [-0.39, 0.29) is 0 Å². The van der Waals surface area contributed by atoms with Gasteiger partial charge in [-0.2, -0.15) is 0 Å². The van der Waals surface area contributed by atoms with Crippen molar-refractivity contribution in [1.82, 2.24) is 0 Å². The summed E-state index contributed by atoms with van der Waals surface area (Å²) in [5.74, 6) is 0. The van der Waals surface area contributed by atoms with Crippen LogP contribution < -0.4 is 0 Å².